The molecule has 1 atom stereocenters. The summed E-state index contributed by atoms with van der Waals surface area (Å²) in [5.74, 6) is 0.0860. The fourth-order valence-electron chi connectivity index (χ4n) is 2.49. The van der Waals surface area contributed by atoms with Crippen LogP contribution in [-0.2, 0) is 4.79 Å². The summed E-state index contributed by atoms with van der Waals surface area (Å²) in [6.45, 7) is 1.35. The predicted octanol–water partition coefficient (Wildman–Crippen LogP) is 0.160. The molecule has 15 heavy (non-hydrogen) atoms. The average molecular weight is 212 g/mol. The van der Waals surface area contributed by atoms with Crippen LogP contribution in [0, 0.1) is 0 Å². The van der Waals surface area contributed by atoms with Crippen LogP contribution < -0.4 is 10.6 Å². The van der Waals surface area contributed by atoms with Crippen LogP contribution >= 0.6 is 0 Å². The summed E-state index contributed by atoms with van der Waals surface area (Å²) in [5.41, 5.74) is -0.558. The van der Waals surface area contributed by atoms with E-state index in [2.05, 4.69) is 10.6 Å². The minimum atomic E-state index is -0.558. The first-order chi connectivity index (χ1) is 7.20. The molecule has 4 nitrogen and oxygen atoms in total. The van der Waals surface area contributed by atoms with Crippen molar-refractivity contribution in [1.29, 1.82) is 0 Å². The number of nitrogens with one attached hydrogen (secondary N) is 2. The molecule has 0 aromatic carbocycles. The molecule has 1 heterocycles. The van der Waals surface area contributed by atoms with Gasteiger partial charge in [-0.15, -0.1) is 0 Å². The summed E-state index contributed by atoms with van der Waals surface area (Å²) < 4.78 is 0. The largest absolute Gasteiger partial charge is 0.389 e. The van der Waals surface area contributed by atoms with Crippen molar-refractivity contribution in [2.45, 2.75) is 50.2 Å². The van der Waals surface area contributed by atoms with E-state index in [9.17, 15) is 9.90 Å². The highest BCUT2D eigenvalue weighted by atomic mass is 16.3. The number of aliphatic hydroxyl groups is 1. The molecule has 0 aromatic heterocycles. The standard InChI is InChI=1S/C11H20N2O2/c14-10-9(4-3-7-12-10)13-8-11(15)5-1-2-6-11/h9,13,15H,1-8H2,(H,12,14). The molecule has 1 saturated carbocycles. The smallest absolute Gasteiger partial charge is 0.237 e. The molecule has 2 rings (SSSR count). The summed E-state index contributed by atoms with van der Waals surface area (Å²) in [4.78, 5) is 11.4. The number of piperidine rings is 1. The zero-order chi connectivity index (χ0) is 10.7. The molecule has 2 aliphatic rings. The van der Waals surface area contributed by atoms with Crippen LogP contribution in [0.25, 0.3) is 0 Å². The van der Waals surface area contributed by atoms with Gasteiger partial charge < -0.3 is 15.7 Å². The topological polar surface area (TPSA) is 61.4 Å². The van der Waals surface area contributed by atoms with E-state index >= 15 is 0 Å². The van der Waals surface area contributed by atoms with Crippen LogP contribution in [0.15, 0.2) is 0 Å². The number of rotatable bonds is 3. The van der Waals surface area contributed by atoms with Gasteiger partial charge in [0.15, 0.2) is 0 Å². The minimum absolute atomic E-state index is 0.0860. The molecule has 0 bridgehead atoms. The first-order valence-electron chi connectivity index (χ1n) is 5.93. The van der Waals surface area contributed by atoms with Gasteiger partial charge in [0.25, 0.3) is 0 Å². The van der Waals surface area contributed by atoms with Gasteiger partial charge in [0, 0.05) is 13.1 Å². The predicted molar refractivity (Wildman–Crippen MR) is 57.5 cm³/mol. The third-order valence-corrected chi connectivity index (χ3v) is 3.50. The minimum Gasteiger partial charge on any atom is -0.389 e. The quantitative estimate of drug-likeness (QED) is 0.624. The van der Waals surface area contributed by atoms with Crippen molar-refractivity contribution in [3.63, 3.8) is 0 Å². The van der Waals surface area contributed by atoms with E-state index in [0.29, 0.717) is 6.54 Å². The number of carbonyl (C=O) groups excluding carboxylic acids is 1. The molecule has 1 unspecified atom stereocenters. The normalized spacial score (nSPS) is 30.2. The Bertz CT molecular complexity index is 237. The van der Waals surface area contributed by atoms with E-state index in [1.54, 1.807) is 0 Å². The third-order valence-electron chi connectivity index (χ3n) is 3.50. The van der Waals surface area contributed by atoms with E-state index in [4.69, 9.17) is 0 Å². The highest BCUT2D eigenvalue weighted by molar-refractivity contribution is 5.82. The number of amides is 1. The van der Waals surface area contributed by atoms with E-state index < -0.39 is 5.60 Å². The van der Waals surface area contributed by atoms with Crippen LogP contribution in [0.5, 0.6) is 0 Å². The lowest BCUT2D eigenvalue weighted by Gasteiger charge is -2.28. The first kappa shape index (κ1) is 10.9. The van der Waals surface area contributed by atoms with E-state index in [1.807, 2.05) is 0 Å². The molecule has 1 amide bonds. The van der Waals surface area contributed by atoms with Crippen LogP contribution in [0.1, 0.15) is 38.5 Å². The van der Waals surface area contributed by atoms with Crippen molar-refractivity contribution >= 4 is 5.91 Å². The van der Waals surface area contributed by atoms with Crippen molar-refractivity contribution in [2.24, 2.45) is 0 Å². The third kappa shape index (κ3) is 2.69. The molecule has 3 N–H and O–H groups in total. The Morgan fingerprint density at radius 1 is 1.40 bits per heavy atom. The molecule has 2 fully saturated rings. The lowest BCUT2D eigenvalue weighted by atomic mass is 10.0. The molecule has 0 radical (unpaired) electrons. The maximum atomic E-state index is 11.4. The van der Waals surface area contributed by atoms with Crippen LogP contribution in [-0.4, -0.2) is 35.7 Å². The molecule has 1 aliphatic heterocycles. The highest BCUT2D eigenvalue weighted by Crippen LogP contribution is 2.28. The van der Waals surface area contributed by atoms with Gasteiger partial charge in [-0.1, -0.05) is 12.8 Å². The number of carbonyl (C=O) groups is 1. The number of hydrogen-bond donors (Lipinski definition) is 3. The van der Waals surface area contributed by atoms with Crippen molar-refractivity contribution < 1.29 is 9.90 Å². The van der Waals surface area contributed by atoms with Gasteiger partial charge in [0.05, 0.1) is 11.6 Å². The van der Waals surface area contributed by atoms with Crippen LogP contribution in [0.2, 0.25) is 0 Å². The zero-order valence-corrected chi connectivity index (χ0v) is 9.09. The van der Waals surface area contributed by atoms with E-state index in [-0.39, 0.29) is 11.9 Å². The monoisotopic (exact) mass is 212 g/mol. The van der Waals surface area contributed by atoms with E-state index in [0.717, 1.165) is 45.1 Å². The van der Waals surface area contributed by atoms with Gasteiger partial charge in [-0.25, -0.2) is 0 Å². The Labute approximate surface area is 90.4 Å². The SMILES string of the molecule is O=C1NCCCC1NCC1(O)CCCC1. The molecule has 0 spiro atoms. The van der Waals surface area contributed by atoms with Crippen LogP contribution in [0.4, 0.5) is 0 Å². The van der Waals surface area contributed by atoms with Gasteiger partial charge >= 0.3 is 0 Å². The zero-order valence-electron chi connectivity index (χ0n) is 9.09. The summed E-state index contributed by atoms with van der Waals surface area (Å²) in [6, 6.07) is -0.0941. The maximum absolute atomic E-state index is 11.4. The summed E-state index contributed by atoms with van der Waals surface area (Å²) in [7, 11) is 0. The molecular weight excluding hydrogens is 192 g/mol. The van der Waals surface area contributed by atoms with Crippen molar-refractivity contribution in [2.75, 3.05) is 13.1 Å². The molecule has 86 valence electrons. The lowest BCUT2D eigenvalue weighted by Crippen LogP contribution is -2.52. The molecular formula is C11H20N2O2. The summed E-state index contributed by atoms with van der Waals surface area (Å²) >= 11 is 0. The van der Waals surface area contributed by atoms with Crippen molar-refractivity contribution in [1.82, 2.24) is 10.6 Å². The van der Waals surface area contributed by atoms with Crippen molar-refractivity contribution in [3.8, 4) is 0 Å². The summed E-state index contributed by atoms with van der Waals surface area (Å²) in [6.07, 6.45) is 5.87. The lowest BCUT2D eigenvalue weighted by molar-refractivity contribution is -0.124. The highest BCUT2D eigenvalue weighted by Gasteiger charge is 2.32. The maximum Gasteiger partial charge on any atom is 0.237 e. The van der Waals surface area contributed by atoms with Gasteiger partial charge in [0.1, 0.15) is 0 Å². The van der Waals surface area contributed by atoms with Gasteiger partial charge in [-0.2, -0.15) is 0 Å². The fraction of sp³-hybridized carbons (Fsp3) is 0.909. The van der Waals surface area contributed by atoms with Crippen LogP contribution in [0.3, 0.4) is 0 Å². The van der Waals surface area contributed by atoms with Gasteiger partial charge in [0.2, 0.25) is 5.91 Å². The Balaban J connectivity index is 1.78. The van der Waals surface area contributed by atoms with Gasteiger partial charge in [-0.3, -0.25) is 4.79 Å². The second-order valence-corrected chi connectivity index (χ2v) is 4.80. The Kier molecular flexibility index (Phi) is 3.26. The fourth-order valence-corrected chi connectivity index (χ4v) is 2.49. The second kappa shape index (κ2) is 4.49. The van der Waals surface area contributed by atoms with E-state index in [1.165, 1.54) is 0 Å². The first-order valence-corrected chi connectivity index (χ1v) is 5.93. The average Bonchev–Trinajstić information content (AvgIpc) is 2.65. The number of hydrogen-bond acceptors (Lipinski definition) is 3. The molecule has 4 heteroatoms. The molecule has 1 aliphatic carbocycles. The Morgan fingerprint density at radius 3 is 2.80 bits per heavy atom. The molecule has 1 saturated heterocycles. The Morgan fingerprint density at radius 2 is 2.13 bits per heavy atom. The summed E-state index contributed by atoms with van der Waals surface area (Å²) in [5, 5.41) is 16.1. The second-order valence-electron chi connectivity index (χ2n) is 4.80. The Hall–Kier alpha value is -0.610. The van der Waals surface area contributed by atoms with Gasteiger partial charge in [-0.05, 0) is 25.7 Å². The molecule has 0 aromatic rings. The van der Waals surface area contributed by atoms with Crippen molar-refractivity contribution in [3.05, 3.63) is 0 Å².